The number of unbranched alkanes of at least 4 members (excludes halogenated alkanes) is 2. The van der Waals surface area contributed by atoms with Crippen molar-refractivity contribution in [3.05, 3.63) is 35.9 Å². The lowest BCUT2D eigenvalue weighted by atomic mass is 10.2. The van der Waals surface area contributed by atoms with E-state index < -0.39 is 12.1 Å². The Morgan fingerprint density at radius 1 is 1.26 bits per heavy atom. The molecule has 0 aromatic heterocycles. The Hall–Kier alpha value is -1.47. The van der Waals surface area contributed by atoms with Gasteiger partial charge in [-0.15, -0.1) is 11.8 Å². The fourth-order valence-electron chi connectivity index (χ4n) is 1.74. The van der Waals surface area contributed by atoms with Gasteiger partial charge in [-0.3, -0.25) is 4.79 Å². The first-order chi connectivity index (χ1) is 10.9. The summed E-state index contributed by atoms with van der Waals surface area (Å²) in [4.78, 5) is 11.7. The van der Waals surface area contributed by atoms with Crippen molar-refractivity contribution >= 4 is 23.7 Å². The van der Waals surface area contributed by atoms with Crippen LogP contribution in [0.25, 0.3) is 6.08 Å². The van der Waals surface area contributed by atoms with Crippen LogP contribution in [0, 0.1) is 0 Å². The Morgan fingerprint density at radius 3 is 2.74 bits per heavy atom. The van der Waals surface area contributed by atoms with Crippen molar-refractivity contribution < 1.29 is 23.1 Å². The lowest BCUT2D eigenvalue weighted by molar-refractivity contribution is -0.173. The molecular weight excluding hydrogens is 327 g/mol. The first-order valence-corrected chi connectivity index (χ1v) is 8.27. The minimum atomic E-state index is -4.85. The van der Waals surface area contributed by atoms with Crippen LogP contribution in [0.15, 0.2) is 35.2 Å². The average Bonchev–Trinajstić information content (AvgIpc) is 2.50. The second kappa shape index (κ2) is 10.3. The number of carbonyl (C=O) groups is 1. The van der Waals surface area contributed by atoms with Crippen LogP contribution in [0.4, 0.5) is 13.2 Å². The van der Waals surface area contributed by atoms with Crippen LogP contribution in [0.3, 0.4) is 0 Å². The molecule has 0 spiro atoms. The summed E-state index contributed by atoms with van der Waals surface area (Å²) in [6, 6.07) is 7.64. The summed E-state index contributed by atoms with van der Waals surface area (Å²) in [5.74, 6) is -0.983. The minimum absolute atomic E-state index is 0.170. The predicted molar refractivity (Wildman–Crippen MR) is 86.2 cm³/mol. The number of nitrogens with one attached hydrogen (secondary N) is 1. The molecule has 0 aliphatic carbocycles. The molecular formula is C16H20F3NO2S. The van der Waals surface area contributed by atoms with Gasteiger partial charge >= 0.3 is 12.1 Å². The van der Waals surface area contributed by atoms with E-state index in [1.54, 1.807) is 23.2 Å². The van der Waals surface area contributed by atoms with Crippen LogP contribution in [0.1, 0.15) is 24.8 Å². The fourth-order valence-corrected chi connectivity index (χ4v) is 2.71. The van der Waals surface area contributed by atoms with Crippen molar-refractivity contribution in [2.45, 2.75) is 30.3 Å². The molecule has 7 heteroatoms. The van der Waals surface area contributed by atoms with Crippen LogP contribution in [-0.4, -0.2) is 36.1 Å². The van der Waals surface area contributed by atoms with Gasteiger partial charge in [0.25, 0.3) is 0 Å². The Morgan fingerprint density at radius 2 is 2.04 bits per heavy atom. The van der Waals surface area contributed by atoms with Gasteiger partial charge in [-0.05, 0) is 36.3 Å². The summed E-state index contributed by atoms with van der Waals surface area (Å²) in [6.45, 7) is 0.0483. The van der Waals surface area contributed by atoms with Gasteiger partial charge in [0.1, 0.15) is 0 Å². The molecule has 0 bridgehead atoms. The summed E-state index contributed by atoms with van der Waals surface area (Å²) in [5.41, 5.74) is 0.867. The Labute approximate surface area is 138 Å². The normalized spacial score (nSPS) is 11.8. The van der Waals surface area contributed by atoms with Gasteiger partial charge in [-0.25, -0.2) is 0 Å². The van der Waals surface area contributed by atoms with E-state index in [-0.39, 0.29) is 13.2 Å². The van der Waals surface area contributed by atoms with E-state index in [0.29, 0.717) is 0 Å². The van der Waals surface area contributed by atoms with E-state index in [2.05, 4.69) is 0 Å². The number of hydrogen-bond donors (Lipinski definition) is 2. The summed E-state index contributed by atoms with van der Waals surface area (Å²) in [5, 5.41) is 10.5. The van der Waals surface area contributed by atoms with E-state index in [1.165, 1.54) is 6.08 Å². The number of carbonyl (C=O) groups excluding carboxylic acids is 1. The van der Waals surface area contributed by atoms with Crippen LogP contribution < -0.4 is 5.32 Å². The summed E-state index contributed by atoms with van der Waals surface area (Å²) >= 11 is 1.70. The lowest BCUT2D eigenvalue weighted by Crippen LogP contribution is -2.36. The third kappa shape index (κ3) is 8.66. The Bertz CT molecular complexity index is 518. The van der Waals surface area contributed by atoms with Crippen molar-refractivity contribution in [1.29, 1.82) is 0 Å². The molecule has 1 amide bonds. The second-order valence-corrected chi connectivity index (χ2v) is 5.98. The third-order valence-corrected chi connectivity index (χ3v) is 3.96. The van der Waals surface area contributed by atoms with Crippen LogP contribution in [-0.2, 0) is 4.79 Å². The quantitative estimate of drug-likeness (QED) is 0.530. The monoisotopic (exact) mass is 347 g/mol. The molecule has 1 aromatic carbocycles. The van der Waals surface area contributed by atoms with Crippen LogP contribution in [0.2, 0.25) is 0 Å². The lowest BCUT2D eigenvalue weighted by Gasteiger charge is -2.05. The number of halogens is 3. The number of amides is 1. The summed E-state index contributed by atoms with van der Waals surface area (Å²) < 4.78 is 36.0. The van der Waals surface area contributed by atoms with Gasteiger partial charge in [0.15, 0.2) is 0 Å². The van der Waals surface area contributed by atoms with Crippen molar-refractivity contribution in [3.8, 4) is 0 Å². The van der Waals surface area contributed by atoms with Gasteiger partial charge in [0, 0.05) is 18.0 Å². The molecule has 0 radical (unpaired) electrons. The second-order valence-electron chi connectivity index (χ2n) is 4.82. The summed E-state index contributed by atoms with van der Waals surface area (Å²) in [6.07, 6.45) is 1.13. The molecule has 0 aliphatic heterocycles. The molecule has 23 heavy (non-hydrogen) atoms. The first-order valence-electron chi connectivity index (χ1n) is 7.29. The molecule has 2 N–H and O–H groups in total. The number of aliphatic hydroxyl groups is 1. The third-order valence-electron chi connectivity index (χ3n) is 2.88. The molecule has 0 fully saturated rings. The highest BCUT2D eigenvalue weighted by Gasteiger charge is 2.37. The van der Waals surface area contributed by atoms with Crippen molar-refractivity contribution in [2.24, 2.45) is 0 Å². The molecule has 0 saturated carbocycles. The Kier molecular flexibility index (Phi) is 8.79. The molecule has 0 aliphatic rings. The maximum Gasteiger partial charge on any atom is 0.471 e. The van der Waals surface area contributed by atoms with E-state index in [4.69, 9.17) is 5.11 Å². The van der Waals surface area contributed by atoms with E-state index in [1.807, 2.05) is 24.3 Å². The molecule has 1 aromatic rings. The fraction of sp³-hybridized carbons (Fsp3) is 0.438. The SMILES string of the molecule is O=C(NC/C=C/c1cccc(SCCCCCO)c1)C(F)(F)F. The number of aliphatic hydroxyl groups excluding tert-OH is 1. The first kappa shape index (κ1) is 19.6. The van der Waals surface area contributed by atoms with E-state index in [0.717, 1.165) is 35.5 Å². The highest BCUT2D eigenvalue weighted by atomic mass is 32.2. The molecule has 3 nitrogen and oxygen atoms in total. The maximum absolute atomic E-state index is 12.0. The zero-order chi connectivity index (χ0) is 17.1. The van der Waals surface area contributed by atoms with Crippen LogP contribution >= 0.6 is 11.8 Å². The van der Waals surface area contributed by atoms with E-state index >= 15 is 0 Å². The van der Waals surface area contributed by atoms with E-state index in [9.17, 15) is 18.0 Å². The molecule has 1 rings (SSSR count). The molecule has 0 heterocycles. The highest BCUT2D eigenvalue weighted by molar-refractivity contribution is 7.99. The number of hydrogen-bond acceptors (Lipinski definition) is 3. The smallest absolute Gasteiger partial charge is 0.396 e. The average molecular weight is 347 g/mol. The van der Waals surface area contributed by atoms with Crippen molar-refractivity contribution in [2.75, 3.05) is 18.9 Å². The summed E-state index contributed by atoms with van der Waals surface area (Å²) in [7, 11) is 0. The maximum atomic E-state index is 12.0. The zero-order valence-corrected chi connectivity index (χ0v) is 13.4. The van der Waals surface area contributed by atoms with Gasteiger partial charge in [-0.2, -0.15) is 13.2 Å². The van der Waals surface area contributed by atoms with Gasteiger partial charge in [0.2, 0.25) is 0 Å². The number of benzene rings is 1. The van der Waals surface area contributed by atoms with Gasteiger partial charge in [-0.1, -0.05) is 30.7 Å². The molecule has 0 saturated heterocycles. The largest absolute Gasteiger partial charge is 0.471 e. The van der Waals surface area contributed by atoms with Crippen LogP contribution in [0.5, 0.6) is 0 Å². The molecule has 0 atom stereocenters. The van der Waals surface area contributed by atoms with Gasteiger partial charge < -0.3 is 10.4 Å². The van der Waals surface area contributed by atoms with Crippen molar-refractivity contribution in [1.82, 2.24) is 5.32 Å². The standard InChI is InChI=1S/C16H20F3NO2S/c17-16(18,19)15(22)20-9-5-7-13-6-4-8-14(12-13)23-11-3-1-2-10-21/h4-8,12,21H,1-3,9-11H2,(H,20,22)/b7-5+. The zero-order valence-electron chi connectivity index (χ0n) is 12.6. The molecule has 128 valence electrons. The minimum Gasteiger partial charge on any atom is -0.396 e. The number of alkyl halides is 3. The topological polar surface area (TPSA) is 49.3 Å². The van der Waals surface area contributed by atoms with Gasteiger partial charge in [0.05, 0.1) is 0 Å². The number of thioether (sulfide) groups is 1. The number of rotatable bonds is 9. The molecule has 0 unspecified atom stereocenters. The predicted octanol–water partition coefficient (Wildman–Crippen LogP) is 3.63. The van der Waals surface area contributed by atoms with Crippen molar-refractivity contribution in [3.63, 3.8) is 0 Å². The Balaban J connectivity index is 2.38. The highest BCUT2D eigenvalue weighted by Crippen LogP contribution is 2.21.